The van der Waals surface area contributed by atoms with E-state index in [-0.39, 0.29) is 37.3 Å². The molecule has 3 aliphatic heterocycles. The maximum atomic E-state index is 13.6. The molecule has 1 aromatic heterocycles. The monoisotopic (exact) mass is 545 g/mol. The van der Waals surface area contributed by atoms with Gasteiger partial charge in [0.1, 0.15) is 17.7 Å². The van der Waals surface area contributed by atoms with Crippen molar-refractivity contribution < 1.29 is 38.1 Å². The summed E-state index contributed by atoms with van der Waals surface area (Å²) in [6, 6.07) is 2.40. The van der Waals surface area contributed by atoms with Gasteiger partial charge < -0.3 is 28.3 Å². The molecule has 1 spiro atoms. The number of pyridine rings is 1. The Kier molecular flexibility index (Phi) is 8.61. The molecule has 12 heteroatoms. The number of carbonyl (C=O) groups excluding carboxylic acids is 3. The van der Waals surface area contributed by atoms with E-state index in [1.807, 2.05) is 13.0 Å². The van der Waals surface area contributed by atoms with Crippen LogP contribution in [0.25, 0.3) is 0 Å². The zero-order chi connectivity index (χ0) is 28.2. The second-order valence-corrected chi connectivity index (χ2v) is 9.73. The van der Waals surface area contributed by atoms with E-state index in [0.29, 0.717) is 51.1 Å². The van der Waals surface area contributed by atoms with Crippen molar-refractivity contribution in [3.63, 3.8) is 0 Å². The summed E-state index contributed by atoms with van der Waals surface area (Å²) in [6.07, 6.45) is 1.98. The highest BCUT2D eigenvalue weighted by Crippen LogP contribution is 2.43. The lowest BCUT2D eigenvalue weighted by molar-refractivity contribution is -0.187. The molecule has 0 unspecified atom stereocenters. The summed E-state index contributed by atoms with van der Waals surface area (Å²) < 4.78 is 29.7. The summed E-state index contributed by atoms with van der Waals surface area (Å²) in [4.78, 5) is 54.6. The number of hydrogen-bond donors (Lipinski definition) is 0. The van der Waals surface area contributed by atoms with Crippen molar-refractivity contribution in [3.8, 4) is 6.07 Å². The van der Waals surface area contributed by atoms with Crippen LogP contribution in [0.15, 0.2) is 10.9 Å². The Morgan fingerprint density at radius 3 is 2.56 bits per heavy atom. The standard InChI is InChI=1S/C27H35N3O9/c1-4-7-13-36-25(34)29-11-8-9-20(29)23(32)39-26(5-2,24(33)35-6-3)19-16-21-27(37-14-15-38-27)10-12-30(21)22(31)18(19)17-28/h16,20H,4-15H2,1-3H3/t20-,26+/m1/s1. The molecule has 2 atom stereocenters. The highest BCUT2D eigenvalue weighted by atomic mass is 16.7. The molecule has 1 aromatic rings. The maximum absolute atomic E-state index is 13.6. The summed E-state index contributed by atoms with van der Waals surface area (Å²) in [5.41, 5.74) is -2.83. The fraction of sp³-hybridized carbons (Fsp3) is 0.667. The summed E-state index contributed by atoms with van der Waals surface area (Å²) in [6.45, 7) is 6.57. The Bertz CT molecular complexity index is 1210. The third kappa shape index (κ3) is 5.01. The van der Waals surface area contributed by atoms with E-state index in [0.717, 1.165) is 6.42 Å². The minimum atomic E-state index is -2.12. The number of rotatable bonds is 9. The predicted octanol–water partition coefficient (Wildman–Crippen LogP) is 2.44. The number of carbonyl (C=O) groups is 3. The zero-order valence-electron chi connectivity index (χ0n) is 22.7. The van der Waals surface area contributed by atoms with Crippen molar-refractivity contribution in [1.29, 1.82) is 5.26 Å². The van der Waals surface area contributed by atoms with Crippen LogP contribution in [0.2, 0.25) is 0 Å². The van der Waals surface area contributed by atoms with Crippen LogP contribution >= 0.6 is 0 Å². The molecule has 2 fully saturated rings. The van der Waals surface area contributed by atoms with E-state index < -0.39 is 41.0 Å². The Morgan fingerprint density at radius 2 is 1.92 bits per heavy atom. The van der Waals surface area contributed by atoms with Crippen LogP contribution in [-0.2, 0) is 51.2 Å². The van der Waals surface area contributed by atoms with Gasteiger partial charge in [-0.3, -0.25) is 9.69 Å². The van der Waals surface area contributed by atoms with E-state index >= 15 is 0 Å². The normalized spacial score (nSPS) is 20.8. The van der Waals surface area contributed by atoms with Gasteiger partial charge in [-0.25, -0.2) is 14.4 Å². The van der Waals surface area contributed by atoms with Crippen LogP contribution < -0.4 is 5.56 Å². The number of nitriles is 1. The molecular formula is C27H35N3O9. The summed E-state index contributed by atoms with van der Waals surface area (Å²) in [7, 11) is 0. The summed E-state index contributed by atoms with van der Waals surface area (Å²) in [5, 5.41) is 10.0. The summed E-state index contributed by atoms with van der Waals surface area (Å²) >= 11 is 0. The van der Waals surface area contributed by atoms with Crippen molar-refractivity contribution in [2.24, 2.45) is 0 Å². The number of amides is 1. The molecule has 0 N–H and O–H groups in total. The first-order valence-corrected chi connectivity index (χ1v) is 13.6. The number of hydrogen-bond acceptors (Lipinski definition) is 10. The van der Waals surface area contributed by atoms with Gasteiger partial charge in [-0.05, 0) is 38.7 Å². The average molecular weight is 546 g/mol. The molecule has 212 valence electrons. The van der Waals surface area contributed by atoms with E-state index in [2.05, 4.69) is 0 Å². The molecular weight excluding hydrogens is 510 g/mol. The third-order valence-corrected chi connectivity index (χ3v) is 7.52. The highest BCUT2D eigenvalue weighted by Gasteiger charge is 2.52. The van der Waals surface area contributed by atoms with E-state index in [4.69, 9.17) is 23.7 Å². The molecule has 0 aromatic carbocycles. The number of esters is 2. The Labute approximate surface area is 226 Å². The first-order valence-electron chi connectivity index (χ1n) is 13.6. The largest absolute Gasteiger partial charge is 0.463 e. The first kappa shape index (κ1) is 28.6. The molecule has 0 bridgehead atoms. The molecule has 12 nitrogen and oxygen atoms in total. The highest BCUT2D eigenvalue weighted by molar-refractivity contribution is 5.88. The smallest absolute Gasteiger partial charge is 0.410 e. The number of aromatic nitrogens is 1. The molecule has 0 radical (unpaired) electrons. The van der Waals surface area contributed by atoms with Crippen molar-refractivity contribution in [2.45, 2.75) is 83.3 Å². The van der Waals surface area contributed by atoms with Gasteiger partial charge in [0.15, 0.2) is 0 Å². The Balaban J connectivity index is 1.76. The molecule has 3 aliphatic rings. The molecule has 4 heterocycles. The van der Waals surface area contributed by atoms with Crippen LogP contribution in [0.4, 0.5) is 4.79 Å². The SMILES string of the molecule is CCCCOC(=O)N1CCC[C@@H]1C(=O)O[C@](CC)(C(=O)OCC)c1cc2n(c(=O)c1C#N)CCC21OCCO1. The van der Waals surface area contributed by atoms with Crippen LogP contribution in [0, 0.1) is 11.3 Å². The predicted molar refractivity (Wildman–Crippen MR) is 134 cm³/mol. The van der Waals surface area contributed by atoms with Gasteiger partial charge in [0.25, 0.3) is 5.56 Å². The topological polar surface area (TPSA) is 146 Å². The number of fused-ring (bicyclic) bond motifs is 2. The van der Waals surface area contributed by atoms with Gasteiger partial charge in [-0.1, -0.05) is 20.3 Å². The van der Waals surface area contributed by atoms with Crippen LogP contribution in [0.5, 0.6) is 0 Å². The van der Waals surface area contributed by atoms with Crippen molar-refractivity contribution in [3.05, 3.63) is 33.2 Å². The van der Waals surface area contributed by atoms with E-state index in [1.54, 1.807) is 13.8 Å². The Hall–Kier alpha value is -3.43. The number of nitrogens with zero attached hydrogens (tertiary/aromatic N) is 3. The molecule has 39 heavy (non-hydrogen) atoms. The minimum Gasteiger partial charge on any atom is -0.463 e. The Morgan fingerprint density at radius 1 is 1.18 bits per heavy atom. The van der Waals surface area contributed by atoms with Crippen LogP contribution in [0.1, 0.15) is 76.1 Å². The number of unbranched alkanes of at least 4 members (excludes halogenated alkanes) is 1. The van der Waals surface area contributed by atoms with Crippen LogP contribution in [-0.4, -0.2) is 66.5 Å². The minimum absolute atomic E-state index is 0.0284. The van der Waals surface area contributed by atoms with Crippen molar-refractivity contribution in [2.75, 3.05) is 33.0 Å². The molecule has 4 rings (SSSR count). The van der Waals surface area contributed by atoms with Gasteiger partial charge in [0.2, 0.25) is 11.4 Å². The fourth-order valence-electron chi connectivity index (χ4n) is 5.46. The molecule has 1 amide bonds. The van der Waals surface area contributed by atoms with Gasteiger partial charge in [-0.2, -0.15) is 5.26 Å². The summed E-state index contributed by atoms with van der Waals surface area (Å²) in [5.74, 6) is -2.95. The number of likely N-dealkylation sites (tertiary alicyclic amines) is 1. The van der Waals surface area contributed by atoms with Gasteiger partial charge in [-0.15, -0.1) is 0 Å². The lowest BCUT2D eigenvalue weighted by Crippen LogP contribution is -2.49. The maximum Gasteiger partial charge on any atom is 0.410 e. The fourth-order valence-corrected chi connectivity index (χ4v) is 5.46. The van der Waals surface area contributed by atoms with Gasteiger partial charge in [0.05, 0.1) is 32.1 Å². The van der Waals surface area contributed by atoms with Gasteiger partial charge >= 0.3 is 18.0 Å². The first-order chi connectivity index (χ1) is 18.8. The average Bonchev–Trinajstić information content (AvgIpc) is 3.69. The molecule has 0 aliphatic carbocycles. The quantitative estimate of drug-likeness (QED) is 0.257. The van der Waals surface area contributed by atoms with Crippen molar-refractivity contribution in [1.82, 2.24) is 9.47 Å². The lowest BCUT2D eigenvalue weighted by Gasteiger charge is -2.34. The van der Waals surface area contributed by atoms with Gasteiger partial charge in [0, 0.05) is 25.1 Å². The zero-order valence-corrected chi connectivity index (χ0v) is 22.7. The number of ether oxygens (including phenoxy) is 5. The van der Waals surface area contributed by atoms with E-state index in [1.165, 1.54) is 15.5 Å². The third-order valence-electron chi connectivity index (χ3n) is 7.52. The van der Waals surface area contributed by atoms with Crippen molar-refractivity contribution >= 4 is 18.0 Å². The molecule has 0 saturated carbocycles. The lowest BCUT2D eigenvalue weighted by atomic mass is 9.86. The second kappa shape index (κ2) is 11.8. The second-order valence-electron chi connectivity index (χ2n) is 9.73. The van der Waals surface area contributed by atoms with Crippen LogP contribution in [0.3, 0.4) is 0 Å². The molecule has 2 saturated heterocycles. The van der Waals surface area contributed by atoms with E-state index in [9.17, 15) is 24.4 Å².